The Morgan fingerprint density at radius 3 is 2.00 bits per heavy atom. The van der Waals surface area contributed by atoms with E-state index in [1.807, 2.05) is 60.7 Å². The SMILES string of the molecule is Clc1nc(-c2ccccc2)nc(Cl)c1/C=N/Nc1ccccc1. The predicted molar refractivity (Wildman–Crippen MR) is 95.1 cm³/mol. The standard InChI is InChI=1S/C17H12Cl2N4/c18-15-14(11-20-23-13-9-5-2-6-10-13)16(19)22-17(21-15)12-7-3-1-4-8-12/h1-11,23H/b20-11+. The van der Waals surface area contributed by atoms with E-state index in [0.717, 1.165) is 11.3 Å². The summed E-state index contributed by atoms with van der Waals surface area (Å²) in [4.78, 5) is 8.56. The number of hydrazone groups is 1. The Bertz CT molecular complexity index is 798. The Morgan fingerprint density at radius 2 is 1.39 bits per heavy atom. The molecule has 3 rings (SSSR count). The van der Waals surface area contributed by atoms with Crippen molar-refractivity contribution in [2.24, 2.45) is 5.10 Å². The number of halogens is 2. The van der Waals surface area contributed by atoms with Crippen LogP contribution in [-0.2, 0) is 0 Å². The Labute approximate surface area is 143 Å². The molecule has 0 aliphatic rings. The van der Waals surface area contributed by atoms with Crippen molar-refractivity contribution in [3.05, 3.63) is 76.5 Å². The van der Waals surface area contributed by atoms with Gasteiger partial charge in [-0.25, -0.2) is 9.97 Å². The van der Waals surface area contributed by atoms with Crippen molar-refractivity contribution >= 4 is 35.1 Å². The lowest BCUT2D eigenvalue weighted by Crippen LogP contribution is -1.98. The highest BCUT2D eigenvalue weighted by molar-refractivity contribution is 6.37. The summed E-state index contributed by atoms with van der Waals surface area (Å²) in [6.07, 6.45) is 1.51. The molecule has 1 aromatic heterocycles. The molecule has 0 fully saturated rings. The van der Waals surface area contributed by atoms with Gasteiger partial charge in [0.25, 0.3) is 0 Å². The minimum atomic E-state index is 0.252. The summed E-state index contributed by atoms with van der Waals surface area (Å²) in [5.41, 5.74) is 5.07. The van der Waals surface area contributed by atoms with Gasteiger partial charge in [-0.2, -0.15) is 5.10 Å². The van der Waals surface area contributed by atoms with Crippen molar-refractivity contribution in [2.45, 2.75) is 0 Å². The van der Waals surface area contributed by atoms with Crippen molar-refractivity contribution in [2.75, 3.05) is 5.43 Å². The van der Waals surface area contributed by atoms with Crippen LogP contribution in [0.2, 0.25) is 10.3 Å². The predicted octanol–water partition coefficient (Wildman–Crippen LogP) is 4.90. The van der Waals surface area contributed by atoms with Gasteiger partial charge in [0.05, 0.1) is 17.5 Å². The Balaban J connectivity index is 1.83. The molecular weight excluding hydrogens is 331 g/mol. The molecule has 0 saturated carbocycles. The third-order valence-electron chi connectivity index (χ3n) is 3.05. The zero-order chi connectivity index (χ0) is 16.1. The van der Waals surface area contributed by atoms with Crippen molar-refractivity contribution in [3.8, 4) is 11.4 Å². The Morgan fingerprint density at radius 1 is 0.826 bits per heavy atom. The van der Waals surface area contributed by atoms with Crippen molar-refractivity contribution in [1.82, 2.24) is 9.97 Å². The smallest absolute Gasteiger partial charge is 0.162 e. The first kappa shape index (κ1) is 15.5. The van der Waals surface area contributed by atoms with E-state index in [2.05, 4.69) is 20.5 Å². The van der Waals surface area contributed by atoms with E-state index < -0.39 is 0 Å². The lowest BCUT2D eigenvalue weighted by molar-refractivity contribution is 1.17. The van der Waals surface area contributed by atoms with Crippen LogP contribution < -0.4 is 5.43 Å². The zero-order valence-corrected chi connectivity index (χ0v) is 13.5. The van der Waals surface area contributed by atoms with Crippen LogP contribution in [0.1, 0.15) is 5.56 Å². The van der Waals surface area contributed by atoms with E-state index in [1.165, 1.54) is 6.21 Å². The number of rotatable bonds is 4. The molecule has 0 unspecified atom stereocenters. The van der Waals surface area contributed by atoms with Gasteiger partial charge in [0.1, 0.15) is 10.3 Å². The van der Waals surface area contributed by atoms with Crippen LogP contribution in [0.3, 0.4) is 0 Å². The van der Waals surface area contributed by atoms with Gasteiger partial charge in [-0.3, -0.25) is 5.43 Å². The van der Waals surface area contributed by atoms with Crippen LogP contribution in [0.25, 0.3) is 11.4 Å². The Kier molecular flexibility index (Phi) is 4.86. The Hall–Kier alpha value is -2.43. The van der Waals surface area contributed by atoms with Crippen molar-refractivity contribution in [1.29, 1.82) is 0 Å². The van der Waals surface area contributed by atoms with Crippen molar-refractivity contribution < 1.29 is 0 Å². The minimum Gasteiger partial charge on any atom is -0.279 e. The van der Waals surface area contributed by atoms with E-state index in [1.54, 1.807) is 0 Å². The van der Waals surface area contributed by atoms with Gasteiger partial charge < -0.3 is 0 Å². The molecule has 2 aromatic carbocycles. The summed E-state index contributed by atoms with van der Waals surface area (Å²) in [6, 6.07) is 19.1. The van der Waals surface area contributed by atoms with Gasteiger partial charge in [0.15, 0.2) is 5.82 Å². The average Bonchev–Trinajstić information content (AvgIpc) is 2.59. The normalized spacial score (nSPS) is 10.9. The summed E-state index contributed by atoms with van der Waals surface area (Å²) in [5, 5.41) is 4.62. The van der Waals surface area contributed by atoms with Gasteiger partial charge in [-0.15, -0.1) is 0 Å². The topological polar surface area (TPSA) is 50.2 Å². The molecule has 6 heteroatoms. The third-order valence-corrected chi connectivity index (χ3v) is 3.62. The molecule has 4 nitrogen and oxygen atoms in total. The number of hydrogen-bond donors (Lipinski definition) is 1. The monoisotopic (exact) mass is 342 g/mol. The van der Waals surface area contributed by atoms with Gasteiger partial charge >= 0.3 is 0 Å². The summed E-state index contributed by atoms with van der Waals surface area (Å²) in [7, 11) is 0. The lowest BCUT2D eigenvalue weighted by Gasteiger charge is -2.05. The van der Waals surface area contributed by atoms with Gasteiger partial charge in [0.2, 0.25) is 0 Å². The van der Waals surface area contributed by atoms with Crippen LogP contribution in [0.4, 0.5) is 5.69 Å². The minimum absolute atomic E-state index is 0.252. The van der Waals surface area contributed by atoms with E-state index in [-0.39, 0.29) is 10.3 Å². The second-order valence-electron chi connectivity index (χ2n) is 4.64. The fraction of sp³-hybridized carbons (Fsp3) is 0. The van der Waals surface area contributed by atoms with Crippen LogP contribution in [-0.4, -0.2) is 16.2 Å². The quantitative estimate of drug-likeness (QED) is 0.417. The molecule has 0 bridgehead atoms. The number of nitrogens with one attached hydrogen (secondary N) is 1. The van der Waals surface area contributed by atoms with Crippen LogP contribution >= 0.6 is 23.2 Å². The molecule has 23 heavy (non-hydrogen) atoms. The fourth-order valence-electron chi connectivity index (χ4n) is 1.92. The van der Waals surface area contributed by atoms with E-state index in [0.29, 0.717) is 11.4 Å². The molecule has 0 aliphatic carbocycles. The largest absolute Gasteiger partial charge is 0.279 e. The molecule has 114 valence electrons. The van der Waals surface area contributed by atoms with E-state index >= 15 is 0 Å². The maximum atomic E-state index is 6.21. The molecule has 1 heterocycles. The molecule has 0 aliphatic heterocycles. The maximum absolute atomic E-state index is 6.21. The second kappa shape index (κ2) is 7.22. The number of benzene rings is 2. The number of hydrogen-bond acceptors (Lipinski definition) is 4. The highest BCUT2D eigenvalue weighted by Gasteiger charge is 2.11. The summed E-state index contributed by atoms with van der Waals surface area (Å²) >= 11 is 12.4. The van der Waals surface area contributed by atoms with Crippen molar-refractivity contribution in [3.63, 3.8) is 0 Å². The first-order valence-electron chi connectivity index (χ1n) is 6.86. The third kappa shape index (κ3) is 3.86. The van der Waals surface area contributed by atoms with E-state index in [4.69, 9.17) is 23.2 Å². The van der Waals surface area contributed by atoms with Crippen LogP contribution in [0.15, 0.2) is 65.8 Å². The number of anilines is 1. The molecule has 3 aromatic rings. The zero-order valence-electron chi connectivity index (χ0n) is 11.9. The molecule has 0 saturated heterocycles. The van der Waals surface area contributed by atoms with Gasteiger partial charge in [-0.1, -0.05) is 71.7 Å². The molecular formula is C17H12Cl2N4. The fourth-order valence-corrected chi connectivity index (χ4v) is 2.41. The molecule has 0 amide bonds. The summed E-state index contributed by atoms with van der Waals surface area (Å²) in [6.45, 7) is 0. The highest BCUT2D eigenvalue weighted by Crippen LogP contribution is 2.24. The molecule has 0 radical (unpaired) electrons. The molecule has 0 spiro atoms. The average molecular weight is 343 g/mol. The summed E-state index contributed by atoms with van der Waals surface area (Å²) < 4.78 is 0. The summed E-state index contributed by atoms with van der Waals surface area (Å²) in [5.74, 6) is 0.480. The first-order chi connectivity index (χ1) is 11.2. The second-order valence-corrected chi connectivity index (χ2v) is 5.36. The first-order valence-corrected chi connectivity index (χ1v) is 7.62. The number of aromatic nitrogens is 2. The highest BCUT2D eigenvalue weighted by atomic mass is 35.5. The number of nitrogens with zero attached hydrogens (tertiary/aromatic N) is 3. The molecule has 1 N–H and O–H groups in total. The van der Waals surface area contributed by atoms with Gasteiger partial charge in [-0.05, 0) is 12.1 Å². The maximum Gasteiger partial charge on any atom is 0.162 e. The molecule has 0 atom stereocenters. The van der Waals surface area contributed by atoms with Gasteiger partial charge in [0, 0.05) is 5.56 Å². The van der Waals surface area contributed by atoms with Crippen LogP contribution in [0.5, 0.6) is 0 Å². The van der Waals surface area contributed by atoms with Crippen LogP contribution in [0, 0.1) is 0 Å². The van der Waals surface area contributed by atoms with E-state index in [9.17, 15) is 0 Å². The number of para-hydroxylation sites is 1. The lowest BCUT2D eigenvalue weighted by atomic mass is 10.2.